The normalized spacial score (nSPS) is 20.7. The molecule has 0 saturated carbocycles. The molecule has 7 heteroatoms. The van der Waals surface area contributed by atoms with Gasteiger partial charge in [-0.25, -0.2) is 10.8 Å². The van der Waals surface area contributed by atoms with Gasteiger partial charge < -0.3 is 16.4 Å². The van der Waals surface area contributed by atoms with Crippen molar-refractivity contribution in [1.29, 1.82) is 5.41 Å². The molecule has 1 aliphatic heterocycles. The van der Waals surface area contributed by atoms with Crippen LogP contribution < -0.4 is 22.2 Å². The molecular weight excluding hydrogens is 182 g/mol. The van der Waals surface area contributed by atoms with Crippen LogP contribution in [0, 0.1) is 5.41 Å². The Morgan fingerprint density at radius 1 is 1.86 bits per heavy atom. The summed E-state index contributed by atoms with van der Waals surface area (Å²) in [6, 6.07) is 0. The molecule has 0 amide bonds. The van der Waals surface area contributed by atoms with E-state index in [0.29, 0.717) is 5.96 Å². The van der Waals surface area contributed by atoms with E-state index in [0.717, 1.165) is 19.5 Å². The molecule has 0 aromatic carbocycles. The van der Waals surface area contributed by atoms with Gasteiger partial charge in [-0.05, 0) is 6.42 Å². The maximum absolute atomic E-state index is 7.08. The summed E-state index contributed by atoms with van der Waals surface area (Å²) in [4.78, 5) is 4.29. The molecular formula is C7H17N7. The van der Waals surface area contributed by atoms with E-state index in [1.807, 2.05) is 6.92 Å². The van der Waals surface area contributed by atoms with Gasteiger partial charge in [0.25, 0.3) is 0 Å². The summed E-state index contributed by atoms with van der Waals surface area (Å²) in [7, 11) is 0. The fourth-order valence-electron chi connectivity index (χ4n) is 1.17. The number of guanidine groups is 2. The first-order valence-electron chi connectivity index (χ1n) is 4.58. The molecule has 0 radical (unpaired) electrons. The molecule has 14 heavy (non-hydrogen) atoms. The molecule has 1 fully saturated rings. The van der Waals surface area contributed by atoms with E-state index in [9.17, 15) is 0 Å². The zero-order valence-electron chi connectivity index (χ0n) is 8.25. The number of nitrogens with one attached hydrogen (secondary N) is 3. The molecule has 1 saturated heterocycles. The van der Waals surface area contributed by atoms with Crippen molar-refractivity contribution in [3.8, 4) is 0 Å². The number of hydrazine groups is 1. The summed E-state index contributed by atoms with van der Waals surface area (Å²) in [5.41, 5.74) is 5.22. The fourth-order valence-corrected chi connectivity index (χ4v) is 1.17. The van der Waals surface area contributed by atoms with Gasteiger partial charge in [-0.3, -0.25) is 10.4 Å². The maximum Gasteiger partial charge on any atom is 0.210 e. The lowest BCUT2D eigenvalue weighted by molar-refractivity contribution is 0.479. The average Bonchev–Trinajstić information content (AvgIpc) is 2.50. The highest BCUT2D eigenvalue weighted by Crippen LogP contribution is 1.96. The van der Waals surface area contributed by atoms with Gasteiger partial charge in [0.2, 0.25) is 5.96 Å². The second kappa shape index (κ2) is 4.66. The van der Waals surface area contributed by atoms with Crippen molar-refractivity contribution in [3.05, 3.63) is 0 Å². The Labute approximate surface area is 83.0 Å². The Kier molecular flexibility index (Phi) is 3.52. The van der Waals surface area contributed by atoms with E-state index in [1.54, 1.807) is 5.01 Å². The zero-order valence-corrected chi connectivity index (χ0v) is 8.25. The molecule has 0 bridgehead atoms. The summed E-state index contributed by atoms with van der Waals surface area (Å²) in [6.45, 7) is 3.50. The first-order chi connectivity index (χ1) is 6.63. The minimum atomic E-state index is -0.195. The number of nitrogens with two attached hydrogens (primary N) is 2. The average molecular weight is 199 g/mol. The van der Waals surface area contributed by atoms with Crippen molar-refractivity contribution in [1.82, 2.24) is 15.6 Å². The van der Waals surface area contributed by atoms with Crippen LogP contribution in [-0.4, -0.2) is 36.2 Å². The number of hydrogen-bond acceptors (Lipinski definition) is 3. The lowest BCUT2D eigenvalue weighted by Gasteiger charge is -2.16. The molecule has 1 heterocycles. The minimum Gasteiger partial charge on any atom is -0.370 e. The third kappa shape index (κ3) is 2.77. The van der Waals surface area contributed by atoms with Crippen LogP contribution in [0.25, 0.3) is 0 Å². The molecule has 0 aliphatic carbocycles. The van der Waals surface area contributed by atoms with Crippen LogP contribution in [0.1, 0.15) is 13.3 Å². The molecule has 0 aromatic heterocycles. The summed E-state index contributed by atoms with van der Waals surface area (Å²) in [6.07, 6.45) is 0.553. The Morgan fingerprint density at radius 2 is 2.57 bits per heavy atom. The fraction of sp³-hybridized carbons (Fsp3) is 0.714. The van der Waals surface area contributed by atoms with Gasteiger partial charge in [0.05, 0.1) is 6.54 Å². The van der Waals surface area contributed by atoms with Crippen LogP contribution in [0.15, 0.2) is 4.99 Å². The van der Waals surface area contributed by atoms with Crippen molar-refractivity contribution in [2.45, 2.75) is 19.5 Å². The second-order valence-electron chi connectivity index (χ2n) is 3.05. The minimum absolute atomic E-state index is 0.0808. The smallest absolute Gasteiger partial charge is 0.210 e. The Balaban J connectivity index is 2.57. The molecule has 7 nitrogen and oxygen atoms in total. The monoisotopic (exact) mass is 199 g/mol. The number of nitrogens with zero attached hydrogens (tertiary/aromatic N) is 2. The molecule has 1 aliphatic rings. The Hall–Kier alpha value is -1.50. The van der Waals surface area contributed by atoms with Crippen molar-refractivity contribution in [2.75, 3.05) is 13.1 Å². The summed E-state index contributed by atoms with van der Waals surface area (Å²) >= 11 is 0. The van der Waals surface area contributed by atoms with Gasteiger partial charge in [0.15, 0.2) is 5.96 Å². The van der Waals surface area contributed by atoms with Crippen LogP contribution in [-0.2, 0) is 0 Å². The van der Waals surface area contributed by atoms with E-state index >= 15 is 0 Å². The van der Waals surface area contributed by atoms with Gasteiger partial charge in [-0.1, -0.05) is 6.92 Å². The van der Waals surface area contributed by atoms with Gasteiger partial charge >= 0.3 is 0 Å². The first-order valence-corrected chi connectivity index (χ1v) is 4.58. The molecule has 1 rings (SSSR count). The van der Waals surface area contributed by atoms with E-state index in [1.165, 1.54) is 0 Å². The number of hydrogen-bond donors (Lipinski definition) is 5. The van der Waals surface area contributed by atoms with Crippen LogP contribution in [0.5, 0.6) is 0 Å². The van der Waals surface area contributed by atoms with E-state index in [4.69, 9.17) is 17.0 Å². The van der Waals surface area contributed by atoms with Crippen molar-refractivity contribution >= 4 is 11.9 Å². The van der Waals surface area contributed by atoms with Gasteiger partial charge in [0.1, 0.15) is 6.17 Å². The maximum atomic E-state index is 7.08. The van der Waals surface area contributed by atoms with E-state index < -0.39 is 0 Å². The second-order valence-corrected chi connectivity index (χ2v) is 3.05. The highest BCUT2D eigenvalue weighted by atomic mass is 15.5. The largest absolute Gasteiger partial charge is 0.370 e. The Bertz CT molecular complexity index is 236. The third-order valence-electron chi connectivity index (χ3n) is 1.89. The topological polar surface area (TPSA) is 116 Å². The first kappa shape index (κ1) is 10.6. The lowest BCUT2D eigenvalue weighted by Crippen LogP contribution is -2.42. The van der Waals surface area contributed by atoms with Crippen LogP contribution in [0.4, 0.5) is 0 Å². The van der Waals surface area contributed by atoms with Crippen molar-refractivity contribution in [2.24, 2.45) is 16.6 Å². The van der Waals surface area contributed by atoms with Crippen LogP contribution in [0.3, 0.4) is 0 Å². The standard InChI is InChI=1S/C7H17N7/c1-2-5(12-6(8)9)13-7-11-3-4-14(7)10/h5H,2-4,10H2,1H3,(H,11,13)(H4,8,9,12). The molecule has 1 unspecified atom stereocenters. The highest BCUT2D eigenvalue weighted by Gasteiger charge is 2.15. The van der Waals surface area contributed by atoms with E-state index in [2.05, 4.69) is 15.6 Å². The molecule has 1 atom stereocenters. The third-order valence-corrected chi connectivity index (χ3v) is 1.89. The van der Waals surface area contributed by atoms with Crippen molar-refractivity contribution in [3.63, 3.8) is 0 Å². The Morgan fingerprint density at radius 3 is 3.00 bits per heavy atom. The molecule has 80 valence electrons. The molecule has 0 spiro atoms. The van der Waals surface area contributed by atoms with Crippen LogP contribution in [0.2, 0.25) is 0 Å². The van der Waals surface area contributed by atoms with Gasteiger partial charge in [-0.15, -0.1) is 0 Å². The van der Waals surface area contributed by atoms with Crippen molar-refractivity contribution < 1.29 is 0 Å². The van der Waals surface area contributed by atoms with Crippen LogP contribution >= 0.6 is 0 Å². The SMILES string of the molecule is CCC(/N=C1\NCCN1N)NC(=N)N. The summed E-state index contributed by atoms with van der Waals surface area (Å²) in [5, 5.41) is 14.4. The quantitative estimate of drug-likeness (QED) is 0.212. The predicted molar refractivity (Wildman–Crippen MR) is 55.5 cm³/mol. The summed E-state index contributed by atoms with van der Waals surface area (Å²) in [5.74, 6) is 6.20. The van der Waals surface area contributed by atoms with E-state index in [-0.39, 0.29) is 12.1 Å². The number of aliphatic imine (C=N–C) groups is 1. The lowest BCUT2D eigenvalue weighted by atomic mass is 10.4. The predicted octanol–water partition coefficient (Wildman–Crippen LogP) is -1.66. The summed E-state index contributed by atoms with van der Waals surface area (Å²) < 4.78 is 0. The molecule has 0 aromatic rings. The zero-order chi connectivity index (χ0) is 10.6. The van der Waals surface area contributed by atoms with Gasteiger partial charge in [0, 0.05) is 6.54 Å². The van der Waals surface area contributed by atoms with Gasteiger partial charge in [-0.2, -0.15) is 0 Å². The number of rotatable bonds is 3. The molecule has 7 N–H and O–H groups in total. The highest BCUT2D eigenvalue weighted by molar-refractivity contribution is 5.82.